The third-order valence-corrected chi connectivity index (χ3v) is 3.96. The van der Waals surface area contributed by atoms with Crippen LogP contribution >= 0.6 is 15.9 Å². The van der Waals surface area contributed by atoms with Crippen LogP contribution in [-0.2, 0) is 10.0 Å². The second-order valence-electron chi connectivity index (χ2n) is 3.21. The molecule has 0 radical (unpaired) electrons. The molecule has 0 saturated heterocycles. The van der Waals surface area contributed by atoms with Gasteiger partial charge in [0.25, 0.3) is 0 Å². The monoisotopic (exact) mass is 277 g/mol. The summed E-state index contributed by atoms with van der Waals surface area (Å²) in [5.74, 6) is 0. The van der Waals surface area contributed by atoms with Crippen LogP contribution in [0.3, 0.4) is 0 Å². The molecule has 0 saturated carbocycles. The van der Waals surface area contributed by atoms with Crippen molar-refractivity contribution in [3.05, 3.63) is 28.7 Å². The fourth-order valence-corrected chi connectivity index (χ4v) is 1.92. The van der Waals surface area contributed by atoms with E-state index < -0.39 is 15.3 Å². The van der Waals surface area contributed by atoms with E-state index in [9.17, 15) is 8.42 Å². The summed E-state index contributed by atoms with van der Waals surface area (Å²) in [7, 11) is -3.24. The Balaban J connectivity index is 2.90. The highest BCUT2D eigenvalue weighted by atomic mass is 79.9. The van der Waals surface area contributed by atoms with E-state index in [-0.39, 0.29) is 0 Å². The van der Waals surface area contributed by atoms with Gasteiger partial charge in [-0.15, -0.1) is 0 Å². The molecule has 0 aliphatic carbocycles. The Morgan fingerprint density at radius 3 is 2.50 bits per heavy atom. The molecular weight excluding hydrogens is 266 g/mol. The molecule has 0 aromatic heterocycles. The molecule has 0 fully saturated rings. The molecule has 1 rings (SSSR count). The van der Waals surface area contributed by atoms with Crippen molar-refractivity contribution in [2.24, 2.45) is 0 Å². The van der Waals surface area contributed by atoms with Crippen molar-refractivity contribution in [3.8, 4) is 0 Å². The zero-order valence-corrected chi connectivity index (χ0v) is 10.4. The molecule has 3 nitrogen and oxygen atoms in total. The SMILES string of the molecule is CC(C)S(=O)(=O)Nc1cccc(Br)c1. The number of hydrogen-bond donors (Lipinski definition) is 1. The highest BCUT2D eigenvalue weighted by molar-refractivity contribution is 9.10. The first-order valence-electron chi connectivity index (χ1n) is 4.19. The van der Waals surface area contributed by atoms with E-state index in [2.05, 4.69) is 20.7 Å². The van der Waals surface area contributed by atoms with Crippen LogP contribution in [0.4, 0.5) is 5.69 Å². The average molecular weight is 278 g/mol. The summed E-state index contributed by atoms with van der Waals surface area (Å²) in [6.07, 6.45) is 0. The predicted molar refractivity (Wildman–Crippen MR) is 61.8 cm³/mol. The van der Waals surface area contributed by atoms with Gasteiger partial charge in [-0.25, -0.2) is 8.42 Å². The van der Waals surface area contributed by atoms with Crippen LogP contribution in [0.5, 0.6) is 0 Å². The predicted octanol–water partition coefficient (Wildman–Crippen LogP) is 2.60. The van der Waals surface area contributed by atoms with Crippen LogP contribution in [0.1, 0.15) is 13.8 Å². The van der Waals surface area contributed by atoms with Gasteiger partial charge in [0.05, 0.1) is 5.25 Å². The highest BCUT2D eigenvalue weighted by Gasteiger charge is 2.15. The second kappa shape index (κ2) is 4.31. The molecule has 0 unspecified atom stereocenters. The number of hydrogen-bond acceptors (Lipinski definition) is 2. The Morgan fingerprint density at radius 1 is 1.36 bits per heavy atom. The van der Waals surface area contributed by atoms with Crippen LogP contribution in [-0.4, -0.2) is 13.7 Å². The number of nitrogens with one attached hydrogen (secondary N) is 1. The lowest BCUT2D eigenvalue weighted by Gasteiger charge is -2.10. The lowest BCUT2D eigenvalue weighted by Crippen LogP contribution is -2.22. The molecular formula is C9H12BrNO2S. The fraction of sp³-hybridized carbons (Fsp3) is 0.333. The maximum atomic E-state index is 11.5. The summed E-state index contributed by atoms with van der Waals surface area (Å²) in [5.41, 5.74) is 0.577. The minimum Gasteiger partial charge on any atom is -0.283 e. The zero-order chi connectivity index (χ0) is 10.8. The molecule has 0 aliphatic heterocycles. The molecule has 0 amide bonds. The van der Waals surface area contributed by atoms with E-state index in [0.29, 0.717) is 5.69 Å². The fourth-order valence-electron chi connectivity index (χ4n) is 0.834. The molecule has 1 aromatic carbocycles. The van der Waals surface area contributed by atoms with Crippen LogP contribution in [0, 0.1) is 0 Å². The van der Waals surface area contributed by atoms with E-state index in [1.54, 1.807) is 32.0 Å². The van der Waals surface area contributed by atoms with Crippen LogP contribution in [0.15, 0.2) is 28.7 Å². The Bertz CT molecular complexity index is 415. The van der Waals surface area contributed by atoms with Crippen molar-refractivity contribution >= 4 is 31.6 Å². The van der Waals surface area contributed by atoms with E-state index in [1.165, 1.54) is 0 Å². The van der Waals surface area contributed by atoms with Gasteiger partial charge in [0.15, 0.2) is 0 Å². The van der Waals surface area contributed by atoms with Gasteiger partial charge in [0, 0.05) is 10.2 Å². The molecule has 5 heteroatoms. The number of rotatable bonds is 3. The molecule has 0 spiro atoms. The van der Waals surface area contributed by atoms with Crippen molar-refractivity contribution < 1.29 is 8.42 Å². The van der Waals surface area contributed by atoms with Crippen LogP contribution in [0.25, 0.3) is 0 Å². The Labute approximate surface area is 92.7 Å². The van der Waals surface area contributed by atoms with E-state index in [0.717, 1.165) is 4.47 Å². The van der Waals surface area contributed by atoms with Crippen molar-refractivity contribution in [2.45, 2.75) is 19.1 Å². The minimum absolute atomic E-state index is 0.429. The molecule has 0 atom stereocenters. The Morgan fingerprint density at radius 2 is 2.00 bits per heavy atom. The molecule has 0 bridgehead atoms. The van der Waals surface area contributed by atoms with Gasteiger partial charge in [0.1, 0.15) is 0 Å². The summed E-state index contributed by atoms with van der Waals surface area (Å²) >= 11 is 3.27. The van der Waals surface area contributed by atoms with E-state index >= 15 is 0 Å². The number of benzene rings is 1. The highest BCUT2D eigenvalue weighted by Crippen LogP contribution is 2.17. The van der Waals surface area contributed by atoms with Gasteiger partial charge in [-0.1, -0.05) is 22.0 Å². The third kappa shape index (κ3) is 2.99. The lowest BCUT2D eigenvalue weighted by molar-refractivity contribution is 0.593. The second-order valence-corrected chi connectivity index (χ2v) is 6.36. The molecule has 14 heavy (non-hydrogen) atoms. The normalized spacial score (nSPS) is 11.7. The summed E-state index contributed by atoms with van der Waals surface area (Å²) in [4.78, 5) is 0. The molecule has 1 N–H and O–H groups in total. The van der Waals surface area contributed by atoms with Crippen molar-refractivity contribution in [2.75, 3.05) is 4.72 Å². The average Bonchev–Trinajstić information content (AvgIpc) is 2.02. The summed E-state index contributed by atoms with van der Waals surface area (Å²) in [5, 5.41) is -0.429. The van der Waals surface area contributed by atoms with Gasteiger partial charge in [0.2, 0.25) is 10.0 Å². The van der Waals surface area contributed by atoms with E-state index in [4.69, 9.17) is 0 Å². The zero-order valence-electron chi connectivity index (χ0n) is 7.99. The standard InChI is InChI=1S/C9H12BrNO2S/c1-7(2)14(12,13)11-9-5-3-4-8(10)6-9/h3-7,11H,1-2H3. The maximum absolute atomic E-state index is 11.5. The van der Waals surface area contributed by atoms with Crippen LogP contribution in [0.2, 0.25) is 0 Å². The molecule has 0 aliphatic rings. The third-order valence-electron chi connectivity index (χ3n) is 1.71. The molecule has 0 heterocycles. The van der Waals surface area contributed by atoms with Gasteiger partial charge in [-0.3, -0.25) is 4.72 Å². The summed E-state index contributed by atoms with van der Waals surface area (Å²) in [6.45, 7) is 3.28. The Kier molecular flexibility index (Phi) is 3.55. The number of anilines is 1. The van der Waals surface area contributed by atoms with Crippen LogP contribution < -0.4 is 4.72 Å². The first-order valence-corrected chi connectivity index (χ1v) is 6.53. The van der Waals surface area contributed by atoms with Crippen molar-refractivity contribution in [3.63, 3.8) is 0 Å². The summed E-state index contributed by atoms with van der Waals surface area (Å²) < 4.78 is 26.3. The van der Waals surface area contributed by atoms with Gasteiger partial charge in [-0.2, -0.15) is 0 Å². The number of halogens is 1. The quantitative estimate of drug-likeness (QED) is 0.923. The van der Waals surface area contributed by atoms with Crippen molar-refractivity contribution in [1.82, 2.24) is 0 Å². The first-order chi connectivity index (χ1) is 6.42. The Hall–Kier alpha value is -0.550. The maximum Gasteiger partial charge on any atom is 0.235 e. The lowest BCUT2D eigenvalue weighted by atomic mass is 10.3. The van der Waals surface area contributed by atoms with Gasteiger partial charge >= 0.3 is 0 Å². The van der Waals surface area contributed by atoms with Crippen molar-refractivity contribution in [1.29, 1.82) is 0 Å². The first kappa shape index (κ1) is 11.5. The number of sulfonamides is 1. The van der Waals surface area contributed by atoms with Gasteiger partial charge in [-0.05, 0) is 32.0 Å². The summed E-state index contributed by atoms with van der Waals surface area (Å²) in [6, 6.07) is 7.06. The molecule has 78 valence electrons. The minimum atomic E-state index is -3.24. The smallest absolute Gasteiger partial charge is 0.235 e. The largest absolute Gasteiger partial charge is 0.283 e. The topological polar surface area (TPSA) is 46.2 Å². The molecule has 1 aromatic rings. The van der Waals surface area contributed by atoms with Gasteiger partial charge < -0.3 is 0 Å². The van der Waals surface area contributed by atoms with E-state index in [1.807, 2.05) is 6.07 Å².